The Balaban J connectivity index is 0.000000337. The molecule has 0 atom stereocenters. The van der Waals surface area contributed by atoms with E-state index in [9.17, 15) is 57.5 Å². The first-order valence-corrected chi connectivity index (χ1v) is 17.8. The van der Waals surface area contributed by atoms with Crippen molar-refractivity contribution in [1.82, 2.24) is 0 Å². The van der Waals surface area contributed by atoms with Gasteiger partial charge in [-0.1, -0.05) is 43.7 Å². The average molecular weight is 933 g/mol. The molecule has 1 aromatic heterocycles. The van der Waals surface area contributed by atoms with E-state index in [1.165, 1.54) is 18.4 Å². The molecule has 1 heterocycles. The van der Waals surface area contributed by atoms with Crippen molar-refractivity contribution in [3.8, 4) is 0 Å². The number of Topliss-reactive ketones (excluding diaryl/α,β-unsaturated/α-hetero) is 1. The molecule has 6 rings (SSSR count). The molecule has 0 amide bonds. The summed E-state index contributed by atoms with van der Waals surface area (Å²) in [6, 6.07) is 13.6. The summed E-state index contributed by atoms with van der Waals surface area (Å²) in [6.45, 7) is 2.60. The largest absolute Gasteiger partial charge is 0.287 e. The lowest BCUT2D eigenvalue weighted by molar-refractivity contribution is -0.683. The summed E-state index contributed by atoms with van der Waals surface area (Å²) in [4.78, 5) is 12.1. The molecular formula is C41H20BF20NO. The summed E-state index contributed by atoms with van der Waals surface area (Å²) in [6.07, 6.45) is 0.307. The number of aromatic nitrogens is 1. The number of unbranched alkanes of at least 4 members (excludes halogenated alkanes) is 1. The van der Waals surface area contributed by atoms with Gasteiger partial charge < -0.3 is 0 Å². The first kappa shape index (κ1) is 48.6. The van der Waals surface area contributed by atoms with Gasteiger partial charge in [-0.05, 0) is 18.4 Å². The Morgan fingerprint density at radius 1 is 0.406 bits per heavy atom. The molecule has 0 aliphatic heterocycles. The number of hydrogen-bond acceptors (Lipinski definition) is 1. The highest BCUT2D eigenvalue weighted by Gasteiger charge is 2.52. The maximum atomic E-state index is 15.4. The van der Waals surface area contributed by atoms with E-state index in [4.69, 9.17) is 0 Å². The topological polar surface area (TPSA) is 20.9 Å². The van der Waals surface area contributed by atoms with Crippen LogP contribution in [0.2, 0.25) is 0 Å². The molecule has 2 nitrogen and oxygen atoms in total. The van der Waals surface area contributed by atoms with E-state index >= 15 is 35.1 Å². The van der Waals surface area contributed by atoms with Crippen LogP contribution in [-0.2, 0) is 13.0 Å². The first-order valence-electron chi connectivity index (χ1n) is 17.8. The van der Waals surface area contributed by atoms with Gasteiger partial charge in [-0.15, -0.1) is 21.9 Å². The van der Waals surface area contributed by atoms with E-state index in [2.05, 4.69) is 19.1 Å². The molecule has 0 saturated carbocycles. The van der Waals surface area contributed by atoms with Crippen molar-refractivity contribution in [2.75, 3.05) is 0 Å². The van der Waals surface area contributed by atoms with Crippen molar-refractivity contribution in [3.63, 3.8) is 0 Å². The zero-order chi connectivity index (χ0) is 47.9. The lowest BCUT2D eigenvalue weighted by atomic mass is 9.12. The molecule has 0 fully saturated rings. The van der Waals surface area contributed by atoms with Gasteiger partial charge in [-0.25, -0.2) is 87.8 Å². The van der Waals surface area contributed by atoms with Crippen molar-refractivity contribution in [3.05, 3.63) is 182 Å². The summed E-state index contributed by atoms with van der Waals surface area (Å²) in [5, 5.41) is 0. The maximum absolute atomic E-state index is 15.4. The second-order valence-electron chi connectivity index (χ2n) is 13.6. The summed E-state index contributed by atoms with van der Waals surface area (Å²) in [5.41, 5.74) is -12.2. The Morgan fingerprint density at radius 3 is 0.938 bits per heavy atom. The van der Waals surface area contributed by atoms with Gasteiger partial charge in [-0.2, -0.15) is 4.57 Å². The fourth-order valence-electron chi connectivity index (χ4n) is 6.90. The minimum absolute atomic E-state index is 0.145. The molecule has 0 spiro atoms. The van der Waals surface area contributed by atoms with Crippen LogP contribution in [0.4, 0.5) is 87.8 Å². The minimum atomic E-state index is -7.22. The molecular weight excluding hydrogens is 913 g/mol. The Bertz CT molecular complexity index is 2420. The van der Waals surface area contributed by atoms with Crippen LogP contribution < -0.4 is 26.4 Å². The molecule has 23 heteroatoms. The molecule has 0 unspecified atom stereocenters. The van der Waals surface area contributed by atoms with Crippen LogP contribution in [0.15, 0.2) is 54.9 Å². The number of rotatable bonds is 10. The second-order valence-corrected chi connectivity index (χ2v) is 13.6. The van der Waals surface area contributed by atoms with E-state index in [-0.39, 0.29) is 5.78 Å². The van der Waals surface area contributed by atoms with Crippen LogP contribution in [0, 0.1) is 116 Å². The highest BCUT2D eigenvalue weighted by atomic mass is 19.2. The second kappa shape index (κ2) is 18.7. The molecule has 5 aromatic carbocycles. The van der Waals surface area contributed by atoms with E-state index in [0.29, 0.717) is 6.54 Å². The lowest BCUT2D eigenvalue weighted by Crippen LogP contribution is -2.81. The summed E-state index contributed by atoms with van der Waals surface area (Å²) in [5.74, 6) is -71.3. The predicted molar refractivity (Wildman–Crippen MR) is 185 cm³/mol. The quantitative estimate of drug-likeness (QED) is 0.0336. The smallest absolute Gasteiger partial charge is 0.227 e. The highest BCUT2D eigenvalue weighted by Crippen LogP contribution is 2.30. The number of hydrogen-bond donors (Lipinski definition) is 0. The number of halogens is 20. The number of carbonyl (C=O) groups excluding carboxylic acids is 1. The van der Waals surface area contributed by atoms with Crippen LogP contribution in [-0.4, -0.2) is 11.9 Å². The van der Waals surface area contributed by atoms with E-state index in [1.54, 1.807) is 0 Å². The third-order valence-corrected chi connectivity index (χ3v) is 9.91. The number of carbonyl (C=O) groups is 1. The SMILES string of the molecule is CCCCc1cc[n+](CC(=O)c2ccccc2)cc1.Fc1c(F)c(F)c([B-](c2c(F)c(F)c(F)c(F)c2F)(c2c(F)c(F)c(F)c(F)c2F)c2c(F)c(F)c(F)c(F)c2F)c(F)c1F. The lowest BCUT2D eigenvalue weighted by Gasteiger charge is -2.44. The third-order valence-electron chi connectivity index (χ3n) is 9.91. The van der Waals surface area contributed by atoms with E-state index in [1.807, 2.05) is 47.3 Å². The summed E-state index contributed by atoms with van der Waals surface area (Å²) in [7, 11) is 0. The van der Waals surface area contributed by atoms with Gasteiger partial charge in [-0.3, -0.25) is 4.79 Å². The van der Waals surface area contributed by atoms with Crippen LogP contribution in [0.3, 0.4) is 0 Å². The number of benzene rings is 5. The van der Waals surface area contributed by atoms with Gasteiger partial charge in [0, 0.05) is 17.7 Å². The Labute approximate surface area is 345 Å². The molecule has 0 aliphatic rings. The standard InChI is InChI=1S/C24BF20.C17H20NO/c26-5-1(6(27)14(35)21(42)13(5)34)25(2-7(28)15(36)22(43)16(37)8(2)29,3-9(30)17(38)23(44)18(39)10(3)31)4-11(32)19(40)24(45)20(41)12(4)33;1-2-3-7-15-10-12-18(13-11-15)14-17(19)16-8-5-4-6-9-16/h;4-6,8-13H,2-3,7,14H2,1H3/q-1;+1. The monoisotopic (exact) mass is 933 g/mol. The molecule has 0 N–H and O–H groups in total. The molecule has 0 radical (unpaired) electrons. The van der Waals surface area contributed by atoms with Gasteiger partial charge in [0.2, 0.25) is 12.3 Å². The fourth-order valence-corrected chi connectivity index (χ4v) is 6.90. The van der Waals surface area contributed by atoms with Crippen LogP contribution in [0.5, 0.6) is 0 Å². The van der Waals surface area contributed by atoms with Crippen LogP contribution >= 0.6 is 0 Å². The zero-order valence-corrected chi connectivity index (χ0v) is 31.5. The van der Waals surface area contributed by atoms with Crippen molar-refractivity contribution in [1.29, 1.82) is 0 Å². The zero-order valence-electron chi connectivity index (χ0n) is 31.5. The molecule has 0 aliphatic carbocycles. The normalized spacial score (nSPS) is 11.5. The number of aryl methyl sites for hydroxylation is 1. The third kappa shape index (κ3) is 8.03. The number of nitrogens with zero attached hydrogens (tertiary/aromatic N) is 1. The molecule has 64 heavy (non-hydrogen) atoms. The van der Waals surface area contributed by atoms with Crippen molar-refractivity contribution >= 4 is 33.8 Å². The Hall–Kier alpha value is -6.42. The van der Waals surface area contributed by atoms with E-state index < -0.39 is 144 Å². The van der Waals surface area contributed by atoms with Gasteiger partial charge >= 0.3 is 0 Å². The summed E-state index contributed by atoms with van der Waals surface area (Å²) >= 11 is 0. The van der Waals surface area contributed by atoms with Gasteiger partial charge in [0.1, 0.15) is 52.7 Å². The first-order chi connectivity index (χ1) is 30.0. The minimum Gasteiger partial charge on any atom is -0.287 e. The Kier molecular flexibility index (Phi) is 14.2. The maximum Gasteiger partial charge on any atom is 0.227 e. The van der Waals surface area contributed by atoms with Crippen molar-refractivity contribution < 1.29 is 97.2 Å². The predicted octanol–water partition coefficient (Wildman–Crippen LogP) is 9.05. The highest BCUT2D eigenvalue weighted by molar-refractivity contribution is 7.20. The van der Waals surface area contributed by atoms with Gasteiger partial charge in [0.15, 0.2) is 82.2 Å². The molecule has 338 valence electrons. The number of ketones is 1. The molecule has 6 aromatic rings. The summed E-state index contributed by atoms with van der Waals surface area (Å²) < 4.78 is 296. The number of pyridine rings is 1. The van der Waals surface area contributed by atoms with E-state index in [0.717, 1.165) is 12.0 Å². The van der Waals surface area contributed by atoms with Crippen molar-refractivity contribution in [2.24, 2.45) is 0 Å². The Morgan fingerprint density at radius 2 is 0.672 bits per heavy atom. The molecule has 0 saturated heterocycles. The molecule has 0 bridgehead atoms. The van der Waals surface area contributed by atoms with Gasteiger partial charge in [0.25, 0.3) is 0 Å². The van der Waals surface area contributed by atoms with Crippen LogP contribution in [0.1, 0.15) is 35.7 Å². The van der Waals surface area contributed by atoms with Crippen LogP contribution in [0.25, 0.3) is 0 Å². The van der Waals surface area contributed by atoms with Crippen molar-refractivity contribution in [2.45, 2.75) is 32.7 Å². The fraction of sp³-hybridized carbons (Fsp3) is 0.122. The van der Waals surface area contributed by atoms with Gasteiger partial charge in [0.05, 0.1) is 0 Å². The average Bonchev–Trinajstić information content (AvgIpc) is 3.29.